The number of aromatic nitrogens is 6. The van der Waals surface area contributed by atoms with Crippen LogP contribution in [0.1, 0.15) is 79.7 Å². The molecule has 0 unspecified atom stereocenters. The molecule has 0 aliphatic heterocycles. The first kappa shape index (κ1) is 54.8. The summed E-state index contributed by atoms with van der Waals surface area (Å²) in [6, 6.07) is 44.6. The summed E-state index contributed by atoms with van der Waals surface area (Å²) in [7, 11) is 0. The summed E-state index contributed by atoms with van der Waals surface area (Å²) in [4.78, 5) is 58.7. The topological polar surface area (TPSA) is 246 Å². The number of pyridine rings is 2. The maximum Gasteiger partial charge on any atom is 0.251 e. The van der Waals surface area contributed by atoms with Gasteiger partial charge in [0, 0.05) is 66.6 Å². The smallest absolute Gasteiger partial charge is 0.251 e. The molecule has 9 rings (SSSR count). The van der Waals surface area contributed by atoms with Crippen molar-refractivity contribution in [2.75, 3.05) is 0 Å². The van der Waals surface area contributed by atoms with E-state index in [0.29, 0.717) is 12.0 Å². The van der Waals surface area contributed by atoms with Crippen LogP contribution in [0.25, 0.3) is 50.4 Å². The van der Waals surface area contributed by atoms with Gasteiger partial charge in [0.25, 0.3) is 5.91 Å². The highest BCUT2D eigenvalue weighted by molar-refractivity contribution is 5.98. The molecule has 16 heteroatoms. The normalized spacial score (nSPS) is 12.0. The molecule has 0 aliphatic carbocycles. The molecular formula is C62H64N10O6. The summed E-state index contributed by atoms with van der Waals surface area (Å²) >= 11 is 0. The maximum atomic E-state index is 13.0. The Balaban J connectivity index is 0.000000206. The molecule has 0 saturated heterocycles. The molecule has 0 radical (unpaired) electrons. The molecule has 2 atom stereocenters. The monoisotopic (exact) mass is 1040 g/mol. The Morgan fingerprint density at radius 2 is 1.27 bits per heavy atom. The van der Waals surface area contributed by atoms with E-state index in [9.17, 15) is 29.4 Å². The van der Waals surface area contributed by atoms with Gasteiger partial charge in [-0.1, -0.05) is 107 Å². The zero-order chi connectivity index (χ0) is 55.3. The molecule has 0 aliphatic rings. The molecule has 4 heterocycles. The lowest BCUT2D eigenvalue weighted by molar-refractivity contribution is -0.127. The number of phenols is 2. The Morgan fingerprint density at radius 1 is 0.641 bits per heavy atom. The fraction of sp³-hybridized carbons (Fsp3) is 0.226. The maximum absolute atomic E-state index is 13.0. The Kier molecular flexibility index (Phi) is 17.5. The highest BCUT2D eigenvalue weighted by Crippen LogP contribution is 2.29. The summed E-state index contributed by atoms with van der Waals surface area (Å²) in [6.45, 7) is 9.41. The van der Waals surface area contributed by atoms with E-state index in [0.717, 1.165) is 86.6 Å². The van der Waals surface area contributed by atoms with Crippen molar-refractivity contribution in [1.82, 2.24) is 40.2 Å². The number of primary amides is 2. The number of aryl methyl sites for hydroxylation is 2. The lowest BCUT2D eigenvalue weighted by Crippen LogP contribution is -2.45. The number of hydrogen-bond donors (Lipinski definition) is 6. The third-order valence-corrected chi connectivity index (χ3v) is 13.2. The summed E-state index contributed by atoms with van der Waals surface area (Å²) in [5.41, 5.74) is 21.2. The largest absolute Gasteiger partial charge is 0.508 e. The summed E-state index contributed by atoms with van der Waals surface area (Å²) in [5.74, 6) is -1.67. The van der Waals surface area contributed by atoms with Gasteiger partial charge < -0.3 is 32.3 Å². The number of fused-ring (bicyclic) bond motifs is 1. The Morgan fingerprint density at radius 3 is 1.86 bits per heavy atom. The number of benzene rings is 5. The molecule has 398 valence electrons. The summed E-state index contributed by atoms with van der Waals surface area (Å²) < 4.78 is 3.84. The Hall–Kier alpha value is -9.44. The minimum Gasteiger partial charge on any atom is -0.508 e. The lowest BCUT2D eigenvalue weighted by atomic mass is 9.87. The van der Waals surface area contributed by atoms with E-state index in [4.69, 9.17) is 21.7 Å². The number of unbranched alkanes of at least 4 members (excludes halogenated alkanes) is 1. The van der Waals surface area contributed by atoms with Crippen LogP contribution in [0, 0.1) is 0 Å². The molecule has 78 heavy (non-hydrogen) atoms. The van der Waals surface area contributed by atoms with E-state index in [1.54, 1.807) is 48.8 Å². The van der Waals surface area contributed by atoms with E-state index >= 15 is 0 Å². The zero-order valence-corrected chi connectivity index (χ0v) is 44.1. The number of phenolic OH excluding ortho intramolecular Hbond substituents is 2. The molecular weight excluding hydrogens is 981 g/mol. The first-order chi connectivity index (χ1) is 37.5. The number of rotatable bonds is 19. The molecule has 0 saturated carbocycles. The van der Waals surface area contributed by atoms with E-state index in [2.05, 4.69) is 66.5 Å². The number of nitrogens with two attached hydrogens (primary N) is 2. The van der Waals surface area contributed by atoms with Crippen LogP contribution in [-0.2, 0) is 45.6 Å². The van der Waals surface area contributed by atoms with Gasteiger partial charge in [-0.15, -0.1) is 0 Å². The first-order valence-corrected chi connectivity index (χ1v) is 25.9. The van der Waals surface area contributed by atoms with Crippen LogP contribution >= 0.6 is 0 Å². The predicted octanol–water partition coefficient (Wildman–Crippen LogP) is 9.18. The lowest BCUT2D eigenvalue weighted by Gasteiger charge is -2.19. The summed E-state index contributed by atoms with van der Waals surface area (Å²) in [5, 5.41) is 36.3. The van der Waals surface area contributed by atoms with Crippen LogP contribution in [0.3, 0.4) is 0 Å². The van der Waals surface area contributed by atoms with Gasteiger partial charge in [0.1, 0.15) is 29.3 Å². The third-order valence-electron chi connectivity index (χ3n) is 13.2. The highest BCUT2D eigenvalue weighted by atomic mass is 16.3. The fourth-order valence-corrected chi connectivity index (χ4v) is 8.78. The van der Waals surface area contributed by atoms with E-state index in [1.807, 2.05) is 88.4 Å². The van der Waals surface area contributed by atoms with Gasteiger partial charge in [-0.25, -0.2) is 4.68 Å². The van der Waals surface area contributed by atoms with Crippen molar-refractivity contribution < 1.29 is 29.4 Å². The molecule has 8 N–H and O–H groups in total. The number of hydrogen-bond acceptors (Lipinski definition) is 10. The van der Waals surface area contributed by atoms with E-state index in [1.165, 1.54) is 29.8 Å². The number of carbonyl (C=O) groups excluding carboxylic acids is 4. The van der Waals surface area contributed by atoms with Crippen molar-refractivity contribution in [3.05, 3.63) is 198 Å². The predicted molar refractivity (Wildman–Crippen MR) is 302 cm³/mol. The van der Waals surface area contributed by atoms with Gasteiger partial charge in [-0.05, 0) is 125 Å². The summed E-state index contributed by atoms with van der Waals surface area (Å²) in [6.07, 6.45) is 8.37. The van der Waals surface area contributed by atoms with Crippen molar-refractivity contribution in [1.29, 1.82) is 0 Å². The van der Waals surface area contributed by atoms with Crippen LogP contribution in [0.5, 0.6) is 11.5 Å². The first-order valence-electron chi connectivity index (χ1n) is 25.9. The van der Waals surface area contributed by atoms with Gasteiger partial charge in [0.05, 0.1) is 22.8 Å². The molecule has 9 aromatic rings. The van der Waals surface area contributed by atoms with Gasteiger partial charge in [0.15, 0.2) is 0 Å². The average Bonchev–Trinajstić information content (AvgIpc) is 4.09. The molecule has 5 aromatic carbocycles. The van der Waals surface area contributed by atoms with Crippen LogP contribution in [-0.4, -0.2) is 75.5 Å². The van der Waals surface area contributed by atoms with Gasteiger partial charge in [0.2, 0.25) is 17.7 Å². The minimum atomic E-state index is -0.885. The van der Waals surface area contributed by atoms with Crippen LogP contribution in [0.15, 0.2) is 170 Å². The van der Waals surface area contributed by atoms with E-state index in [-0.39, 0.29) is 42.1 Å². The number of aromatic hydroxyl groups is 2. The second-order valence-electron chi connectivity index (χ2n) is 20.1. The van der Waals surface area contributed by atoms with Crippen LogP contribution in [0.2, 0.25) is 0 Å². The van der Waals surface area contributed by atoms with Crippen LogP contribution < -0.4 is 22.1 Å². The number of nitrogens with zero attached hydrogens (tertiary/aromatic N) is 6. The third kappa shape index (κ3) is 14.3. The highest BCUT2D eigenvalue weighted by Gasteiger charge is 2.23. The molecule has 0 bridgehead atoms. The Labute approximate surface area is 453 Å². The minimum absolute atomic E-state index is 0.0293. The van der Waals surface area contributed by atoms with Crippen molar-refractivity contribution >= 4 is 34.4 Å². The van der Waals surface area contributed by atoms with Crippen molar-refractivity contribution in [2.45, 2.75) is 90.3 Å². The molecule has 0 spiro atoms. The van der Waals surface area contributed by atoms with Crippen LogP contribution in [0.4, 0.5) is 0 Å². The molecule has 4 aromatic heterocycles. The second kappa shape index (κ2) is 24.9. The van der Waals surface area contributed by atoms with Crippen molar-refractivity contribution in [3.8, 4) is 51.1 Å². The SMILES string of the molecule is CC(C)(C)c1ccc(-n2nc(-c3cccnc3)cc2CCC(=O)N[C@@H](Cc2ccc(O)cc2)C(N)=O)cc1.CCCCn1nc(-c2cc3ccccc3cn2)cc1-c1ccc(C(=O)N[C@@H](Cc2ccc(O)cc2)C(N)=O)cc1. The van der Waals surface area contributed by atoms with E-state index < -0.39 is 29.8 Å². The standard InChI is InChI=1S/C32H31N5O3.C30H33N5O3/c1-2-3-16-37-30(19-28(36-37)27-18-24-6-4-5-7-25(24)20-34-27)22-10-12-23(13-11-22)32(40)35-29(31(33)39)17-21-8-14-26(38)15-9-21;1-30(2,3)22-8-10-23(11-9-22)35-24(18-26(34-35)21-5-4-16-32-19-21)12-15-28(37)33-27(29(31)38)17-20-6-13-25(36)14-7-20/h4-15,18-20,29,38H,2-3,16-17H2,1H3,(H2,33,39)(H,35,40);4-11,13-14,16,18-19,27,36H,12,15,17H2,1-3H3,(H2,31,38)(H,33,37)/t29-;27-/m00/s1. The number of amides is 4. The van der Waals surface area contributed by atoms with Crippen molar-refractivity contribution in [3.63, 3.8) is 0 Å². The van der Waals surface area contributed by atoms with Gasteiger partial charge >= 0.3 is 0 Å². The van der Waals surface area contributed by atoms with Crippen molar-refractivity contribution in [2.24, 2.45) is 11.5 Å². The van der Waals surface area contributed by atoms with Gasteiger partial charge in [-0.3, -0.25) is 33.8 Å². The molecule has 0 fully saturated rings. The average molecular weight is 1050 g/mol. The number of nitrogens with one attached hydrogen (secondary N) is 2. The zero-order valence-electron chi connectivity index (χ0n) is 44.1. The quantitative estimate of drug-likeness (QED) is 0.0448. The molecule has 4 amide bonds. The van der Waals surface area contributed by atoms with Gasteiger partial charge in [-0.2, -0.15) is 10.2 Å². The number of carbonyl (C=O) groups is 4. The Bertz CT molecular complexity index is 3500. The molecule has 16 nitrogen and oxygen atoms in total. The second-order valence-corrected chi connectivity index (χ2v) is 20.1. The fourth-order valence-electron chi connectivity index (χ4n) is 8.78.